The van der Waals surface area contributed by atoms with Crippen molar-refractivity contribution in [3.8, 4) is 11.4 Å². The summed E-state index contributed by atoms with van der Waals surface area (Å²) in [5.74, 6) is 0.491. The van der Waals surface area contributed by atoms with E-state index < -0.39 is 0 Å². The minimum atomic E-state index is -0.368. The number of anilines is 1. The fourth-order valence-electron chi connectivity index (χ4n) is 2.68. The molecule has 136 valence electrons. The molecular weight excluding hydrogens is 346 g/mol. The van der Waals surface area contributed by atoms with E-state index >= 15 is 0 Å². The predicted molar refractivity (Wildman–Crippen MR) is 99.8 cm³/mol. The fourth-order valence-corrected chi connectivity index (χ4v) is 2.68. The second kappa shape index (κ2) is 6.56. The first kappa shape index (κ1) is 16.8. The minimum Gasteiger partial charge on any atom is -0.360 e. The smallest absolute Gasteiger partial charge is 0.273 e. The Bertz CT molecular complexity index is 1170. The van der Waals surface area contributed by atoms with Gasteiger partial charge >= 0.3 is 0 Å². The van der Waals surface area contributed by atoms with Crippen LogP contribution in [0.15, 0.2) is 58.0 Å². The van der Waals surface area contributed by atoms with Crippen LogP contribution in [0.1, 0.15) is 35.9 Å². The van der Waals surface area contributed by atoms with Gasteiger partial charge in [0.2, 0.25) is 0 Å². The van der Waals surface area contributed by atoms with Gasteiger partial charge in [-0.2, -0.15) is 0 Å². The van der Waals surface area contributed by atoms with Gasteiger partial charge in [0.15, 0.2) is 5.65 Å². The average Bonchev–Trinajstić information content (AvgIpc) is 3.30. The highest BCUT2D eigenvalue weighted by atomic mass is 16.5. The predicted octanol–water partition coefficient (Wildman–Crippen LogP) is 3.05. The SMILES string of the molecule is CC(C)c1cc(-c2cc(=O)n3[nH]cc(C(=O)Nc4ccccc4)c3n2)no1. The molecule has 0 atom stereocenters. The second-order valence-corrected chi connectivity index (χ2v) is 6.42. The molecule has 1 aromatic carbocycles. The quantitative estimate of drug-likeness (QED) is 0.580. The first-order valence-corrected chi connectivity index (χ1v) is 8.47. The van der Waals surface area contributed by atoms with Crippen molar-refractivity contribution >= 4 is 17.2 Å². The van der Waals surface area contributed by atoms with Gasteiger partial charge in [0.25, 0.3) is 11.5 Å². The molecule has 8 heteroatoms. The van der Waals surface area contributed by atoms with Crippen LogP contribution in [0.25, 0.3) is 17.0 Å². The van der Waals surface area contributed by atoms with Gasteiger partial charge in [0.1, 0.15) is 22.7 Å². The summed E-state index contributed by atoms with van der Waals surface area (Å²) in [7, 11) is 0. The molecule has 0 saturated carbocycles. The molecule has 0 fully saturated rings. The summed E-state index contributed by atoms with van der Waals surface area (Å²) in [6.07, 6.45) is 1.45. The Labute approximate surface area is 153 Å². The Morgan fingerprint density at radius 1 is 1.19 bits per heavy atom. The lowest BCUT2D eigenvalue weighted by Crippen LogP contribution is -2.16. The molecule has 0 unspecified atom stereocenters. The monoisotopic (exact) mass is 363 g/mol. The largest absolute Gasteiger partial charge is 0.360 e. The van der Waals surface area contributed by atoms with Gasteiger partial charge in [-0.05, 0) is 12.1 Å². The highest BCUT2D eigenvalue weighted by Gasteiger charge is 2.18. The molecule has 3 aromatic heterocycles. The topological polar surface area (TPSA) is 105 Å². The Morgan fingerprint density at radius 3 is 2.67 bits per heavy atom. The van der Waals surface area contributed by atoms with Crippen molar-refractivity contribution in [2.24, 2.45) is 0 Å². The van der Waals surface area contributed by atoms with Crippen LogP contribution in [-0.4, -0.2) is 25.7 Å². The van der Waals surface area contributed by atoms with Gasteiger partial charge in [-0.3, -0.25) is 14.7 Å². The van der Waals surface area contributed by atoms with E-state index in [9.17, 15) is 9.59 Å². The van der Waals surface area contributed by atoms with Crippen molar-refractivity contribution in [3.63, 3.8) is 0 Å². The normalized spacial score (nSPS) is 11.2. The molecular formula is C19H17N5O3. The molecule has 0 aliphatic carbocycles. The van der Waals surface area contributed by atoms with Crippen molar-refractivity contribution in [2.45, 2.75) is 19.8 Å². The zero-order valence-corrected chi connectivity index (χ0v) is 14.8. The lowest BCUT2D eigenvalue weighted by atomic mass is 10.1. The Balaban J connectivity index is 1.75. The molecule has 8 nitrogen and oxygen atoms in total. The van der Waals surface area contributed by atoms with Gasteiger partial charge in [0, 0.05) is 29.9 Å². The van der Waals surface area contributed by atoms with Crippen LogP contribution in [0.3, 0.4) is 0 Å². The van der Waals surface area contributed by atoms with Gasteiger partial charge in [0.05, 0.1) is 0 Å². The number of nitrogens with zero attached hydrogens (tertiary/aromatic N) is 3. The summed E-state index contributed by atoms with van der Waals surface area (Å²) in [6.45, 7) is 3.96. The number of nitrogens with one attached hydrogen (secondary N) is 2. The summed E-state index contributed by atoms with van der Waals surface area (Å²) >= 11 is 0. The summed E-state index contributed by atoms with van der Waals surface area (Å²) in [4.78, 5) is 29.5. The van der Waals surface area contributed by atoms with E-state index in [0.717, 1.165) is 0 Å². The minimum absolute atomic E-state index is 0.163. The number of carbonyl (C=O) groups excluding carboxylic acids is 1. The number of benzene rings is 1. The van der Waals surface area contributed by atoms with Crippen molar-refractivity contribution in [1.29, 1.82) is 0 Å². The fraction of sp³-hybridized carbons (Fsp3) is 0.158. The number of hydrogen-bond donors (Lipinski definition) is 2. The first-order chi connectivity index (χ1) is 13.0. The molecule has 4 rings (SSSR count). The Morgan fingerprint density at radius 2 is 1.96 bits per heavy atom. The summed E-state index contributed by atoms with van der Waals surface area (Å²) in [5.41, 5.74) is 1.59. The standard InChI is InChI=1S/C19H17N5O3/c1-11(2)16-8-15(23-27-16)14-9-17(25)24-18(22-14)13(10-20-24)19(26)21-12-6-4-3-5-7-12/h3-11,20H,1-2H3,(H,21,26). The summed E-state index contributed by atoms with van der Waals surface area (Å²) in [6, 6.07) is 12.2. The van der Waals surface area contributed by atoms with Crippen LogP contribution in [0.2, 0.25) is 0 Å². The number of amides is 1. The van der Waals surface area contributed by atoms with Crippen molar-refractivity contribution < 1.29 is 9.32 Å². The van der Waals surface area contributed by atoms with Crippen molar-refractivity contribution in [3.05, 3.63) is 70.3 Å². The van der Waals surface area contributed by atoms with E-state index in [1.807, 2.05) is 32.0 Å². The molecule has 0 aliphatic rings. The van der Waals surface area contributed by atoms with E-state index in [-0.39, 0.29) is 28.6 Å². The van der Waals surface area contributed by atoms with Crippen LogP contribution in [0, 0.1) is 0 Å². The van der Waals surface area contributed by atoms with E-state index in [0.29, 0.717) is 22.8 Å². The zero-order valence-electron chi connectivity index (χ0n) is 14.8. The number of fused-ring (bicyclic) bond motifs is 1. The number of H-pyrrole nitrogens is 1. The van der Waals surface area contributed by atoms with E-state index in [1.165, 1.54) is 16.8 Å². The van der Waals surface area contributed by atoms with Crippen LogP contribution >= 0.6 is 0 Å². The van der Waals surface area contributed by atoms with E-state index in [4.69, 9.17) is 4.52 Å². The van der Waals surface area contributed by atoms with E-state index in [2.05, 4.69) is 20.6 Å². The van der Waals surface area contributed by atoms with Gasteiger partial charge < -0.3 is 9.84 Å². The van der Waals surface area contributed by atoms with Gasteiger partial charge in [-0.1, -0.05) is 37.2 Å². The summed E-state index contributed by atoms with van der Waals surface area (Å²) in [5, 5.41) is 9.53. The lowest BCUT2D eigenvalue weighted by Gasteiger charge is -2.03. The average molecular weight is 363 g/mol. The maximum atomic E-state index is 12.6. The number of aromatic amines is 1. The molecule has 27 heavy (non-hydrogen) atoms. The molecule has 0 spiro atoms. The molecule has 0 aliphatic heterocycles. The Kier molecular flexibility index (Phi) is 4.08. The van der Waals surface area contributed by atoms with Crippen molar-refractivity contribution in [2.75, 3.05) is 5.32 Å². The number of rotatable bonds is 4. The number of carbonyl (C=O) groups is 1. The Hall–Kier alpha value is -3.68. The third-order valence-corrected chi connectivity index (χ3v) is 4.13. The van der Waals surface area contributed by atoms with E-state index in [1.54, 1.807) is 18.2 Å². The molecule has 0 radical (unpaired) electrons. The van der Waals surface area contributed by atoms with Crippen molar-refractivity contribution in [1.82, 2.24) is 19.8 Å². The number of hydrogen-bond acceptors (Lipinski definition) is 5. The number of aromatic nitrogens is 4. The third kappa shape index (κ3) is 3.12. The molecule has 4 aromatic rings. The lowest BCUT2D eigenvalue weighted by molar-refractivity contribution is 0.102. The molecule has 0 bridgehead atoms. The molecule has 1 amide bonds. The zero-order chi connectivity index (χ0) is 19.0. The maximum Gasteiger partial charge on any atom is 0.273 e. The van der Waals surface area contributed by atoms with Crippen LogP contribution in [-0.2, 0) is 0 Å². The van der Waals surface area contributed by atoms with Gasteiger partial charge in [-0.15, -0.1) is 0 Å². The van der Waals surface area contributed by atoms with Gasteiger partial charge in [-0.25, -0.2) is 9.50 Å². The summed E-state index contributed by atoms with van der Waals surface area (Å²) < 4.78 is 6.50. The maximum absolute atomic E-state index is 12.6. The molecule has 3 heterocycles. The molecule has 0 saturated heterocycles. The second-order valence-electron chi connectivity index (χ2n) is 6.42. The van der Waals surface area contributed by atoms with Crippen LogP contribution < -0.4 is 10.9 Å². The third-order valence-electron chi connectivity index (χ3n) is 4.13. The number of para-hydroxylation sites is 1. The molecule has 2 N–H and O–H groups in total. The highest BCUT2D eigenvalue weighted by molar-refractivity contribution is 6.08. The first-order valence-electron chi connectivity index (χ1n) is 8.47. The van der Waals surface area contributed by atoms with Crippen LogP contribution in [0.5, 0.6) is 0 Å². The van der Waals surface area contributed by atoms with Crippen LogP contribution in [0.4, 0.5) is 5.69 Å². The highest BCUT2D eigenvalue weighted by Crippen LogP contribution is 2.22.